The molecule has 0 aromatic heterocycles. The van der Waals surface area contributed by atoms with Crippen molar-refractivity contribution >= 4 is 76.7 Å². The monoisotopic (exact) mass is 668 g/mol. The van der Waals surface area contributed by atoms with Crippen LogP contribution in [0.2, 0.25) is 0 Å². The van der Waals surface area contributed by atoms with E-state index in [1.807, 2.05) is 31.2 Å². The van der Waals surface area contributed by atoms with E-state index in [1.165, 1.54) is 0 Å². The van der Waals surface area contributed by atoms with Crippen LogP contribution in [-0.2, 0) is 20.2 Å². The van der Waals surface area contributed by atoms with E-state index < -0.39 is 20.2 Å². The third-order valence-electron chi connectivity index (χ3n) is 7.66. The quantitative estimate of drug-likeness (QED) is 0.168. The van der Waals surface area contributed by atoms with Gasteiger partial charge in [0.1, 0.15) is 0 Å². The maximum absolute atomic E-state index is 11.5. The highest BCUT2D eigenvalue weighted by Gasteiger charge is 2.31. The summed E-state index contributed by atoms with van der Waals surface area (Å²) in [6, 6.07) is 24.6. The molecule has 230 valence electrons. The van der Waals surface area contributed by atoms with E-state index in [0.717, 1.165) is 53.3 Å². The van der Waals surface area contributed by atoms with Crippen LogP contribution in [0.5, 0.6) is 0 Å². The second kappa shape index (κ2) is 12.4. The van der Waals surface area contributed by atoms with Crippen molar-refractivity contribution < 1.29 is 25.9 Å². The SMILES string of the molecule is CC(/C=C1\Sc2ccc3ccccc3c2N1CCCS(=O)(=O)O)=C\C1Sc2ccc3ccccc3c2N1CCCS(=O)(=O)O. The summed E-state index contributed by atoms with van der Waals surface area (Å²) in [7, 11) is -8.16. The van der Waals surface area contributed by atoms with E-state index in [1.54, 1.807) is 23.5 Å². The van der Waals surface area contributed by atoms with Crippen LogP contribution in [0.1, 0.15) is 19.8 Å². The molecule has 1 unspecified atom stereocenters. The van der Waals surface area contributed by atoms with Crippen molar-refractivity contribution in [3.05, 3.63) is 95.6 Å². The van der Waals surface area contributed by atoms with Crippen LogP contribution < -0.4 is 9.80 Å². The fourth-order valence-corrected chi connectivity index (χ4v) is 9.37. The lowest BCUT2D eigenvalue weighted by Crippen LogP contribution is -2.30. The van der Waals surface area contributed by atoms with Gasteiger partial charge in [-0.25, -0.2) is 0 Å². The molecule has 4 aromatic rings. The Bertz CT molecular complexity index is 2030. The molecule has 8 nitrogen and oxygen atoms in total. The van der Waals surface area contributed by atoms with E-state index in [9.17, 15) is 25.9 Å². The number of thioether (sulfide) groups is 2. The fourth-order valence-electron chi connectivity index (χ4n) is 5.80. The highest BCUT2D eigenvalue weighted by Crippen LogP contribution is 2.51. The molecule has 4 aromatic carbocycles. The van der Waals surface area contributed by atoms with Gasteiger partial charge < -0.3 is 9.80 Å². The Balaban J connectivity index is 1.34. The Morgan fingerprint density at radius 1 is 0.773 bits per heavy atom. The van der Waals surface area contributed by atoms with Gasteiger partial charge in [0.15, 0.2) is 0 Å². The van der Waals surface area contributed by atoms with Crippen molar-refractivity contribution in [1.82, 2.24) is 0 Å². The molecule has 0 spiro atoms. The van der Waals surface area contributed by atoms with E-state index in [-0.39, 0.29) is 29.7 Å². The molecule has 1 atom stereocenters. The summed E-state index contributed by atoms with van der Waals surface area (Å²) in [6.45, 7) is 2.90. The zero-order chi connectivity index (χ0) is 31.1. The first-order valence-electron chi connectivity index (χ1n) is 14.2. The molecule has 12 heteroatoms. The van der Waals surface area contributed by atoms with E-state index >= 15 is 0 Å². The van der Waals surface area contributed by atoms with Crippen molar-refractivity contribution in [2.75, 3.05) is 34.4 Å². The summed E-state index contributed by atoms with van der Waals surface area (Å²) in [5.41, 5.74) is 3.09. The number of hydrogen-bond acceptors (Lipinski definition) is 8. The fraction of sp³-hybridized carbons (Fsp3) is 0.250. The topological polar surface area (TPSA) is 115 Å². The van der Waals surface area contributed by atoms with E-state index in [4.69, 9.17) is 0 Å². The van der Waals surface area contributed by atoms with Crippen molar-refractivity contribution in [3.63, 3.8) is 0 Å². The smallest absolute Gasteiger partial charge is 0.264 e. The summed E-state index contributed by atoms with van der Waals surface area (Å²) in [6.07, 6.45) is 4.82. The van der Waals surface area contributed by atoms with Gasteiger partial charge in [0, 0.05) is 33.7 Å². The van der Waals surface area contributed by atoms with Gasteiger partial charge in [0.2, 0.25) is 0 Å². The van der Waals surface area contributed by atoms with Gasteiger partial charge in [-0.05, 0) is 60.4 Å². The van der Waals surface area contributed by atoms with Crippen LogP contribution in [-0.4, -0.2) is 55.9 Å². The number of anilines is 2. The molecule has 44 heavy (non-hydrogen) atoms. The molecule has 0 saturated carbocycles. The molecule has 2 heterocycles. The van der Waals surface area contributed by atoms with Crippen LogP contribution >= 0.6 is 23.5 Å². The maximum Gasteiger partial charge on any atom is 0.264 e. The van der Waals surface area contributed by atoms with Crippen LogP contribution in [0.4, 0.5) is 11.4 Å². The predicted molar refractivity (Wildman–Crippen MR) is 182 cm³/mol. The molecule has 6 rings (SSSR count). The standard InChI is InChI=1S/C32H32N2O6S4/c1-22(20-29-33(16-6-18-43(35,36)37)31-25-10-4-2-8-23(25)12-14-27(31)41-29)21-30-34(17-7-19-44(38,39)40)32-26-11-5-3-9-24(26)13-15-28(32)42-30/h2-5,8-15,20-21,29H,6-7,16-19H2,1H3,(H,35,36,37)(H,38,39,40)/b22-20+,30-21-. The van der Waals surface area contributed by atoms with Crippen LogP contribution in [0, 0.1) is 0 Å². The lowest BCUT2D eigenvalue weighted by atomic mass is 10.1. The number of benzene rings is 4. The highest BCUT2D eigenvalue weighted by atomic mass is 32.2. The van der Waals surface area contributed by atoms with Crippen molar-refractivity contribution in [3.8, 4) is 0 Å². The van der Waals surface area contributed by atoms with E-state index in [2.05, 4.69) is 70.5 Å². The van der Waals surface area contributed by atoms with Crippen LogP contribution in [0.25, 0.3) is 21.5 Å². The lowest BCUT2D eigenvalue weighted by molar-refractivity contribution is 0.479. The van der Waals surface area contributed by atoms with Crippen molar-refractivity contribution in [2.45, 2.75) is 34.9 Å². The molecule has 2 aliphatic heterocycles. The molecule has 0 amide bonds. The first kappa shape index (κ1) is 31.0. The second-order valence-corrected chi connectivity index (χ2v) is 16.3. The Kier molecular flexibility index (Phi) is 8.75. The lowest BCUT2D eigenvalue weighted by Gasteiger charge is -2.26. The average molecular weight is 669 g/mol. The number of allylic oxidation sites excluding steroid dienone is 2. The minimum Gasteiger partial charge on any atom is -0.354 e. The normalized spacial score (nSPS) is 18.0. The molecule has 0 saturated heterocycles. The average Bonchev–Trinajstić information content (AvgIpc) is 3.49. The van der Waals surface area contributed by atoms with Gasteiger partial charge in [0.25, 0.3) is 20.2 Å². The molecule has 0 radical (unpaired) electrons. The number of rotatable bonds is 10. The first-order valence-corrected chi connectivity index (χ1v) is 19.1. The van der Waals surface area contributed by atoms with Gasteiger partial charge in [-0.3, -0.25) is 9.11 Å². The van der Waals surface area contributed by atoms with Gasteiger partial charge in [-0.1, -0.05) is 84.2 Å². The van der Waals surface area contributed by atoms with E-state index in [0.29, 0.717) is 13.1 Å². The van der Waals surface area contributed by atoms with Gasteiger partial charge in [0.05, 0.1) is 33.3 Å². The van der Waals surface area contributed by atoms with Crippen molar-refractivity contribution in [1.29, 1.82) is 0 Å². The van der Waals surface area contributed by atoms with Crippen molar-refractivity contribution in [2.24, 2.45) is 0 Å². The molecular formula is C32H32N2O6S4. The maximum atomic E-state index is 11.5. The van der Waals surface area contributed by atoms with Crippen LogP contribution in [0.15, 0.2) is 105 Å². The zero-order valence-electron chi connectivity index (χ0n) is 24.0. The molecule has 0 bridgehead atoms. The Labute approximate surface area is 266 Å². The predicted octanol–water partition coefficient (Wildman–Crippen LogP) is 7.19. The first-order chi connectivity index (χ1) is 21.0. The summed E-state index contributed by atoms with van der Waals surface area (Å²) >= 11 is 3.33. The Hall–Kier alpha value is -3.00. The van der Waals surface area contributed by atoms with Gasteiger partial charge in [-0.15, -0.1) is 0 Å². The molecule has 0 fully saturated rings. The Morgan fingerprint density at radius 2 is 1.34 bits per heavy atom. The third kappa shape index (κ3) is 6.80. The Morgan fingerprint density at radius 3 is 1.98 bits per heavy atom. The summed E-state index contributed by atoms with van der Waals surface area (Å²) in [5, 5.41) is 5.22. The summed E-state index contributed by atoms with van der Waals surface area (Å²) < 4.78 is 64.8. The molecule has 2 aliphatic rings. The van der Waals surface area contributed by atoms with Crippen LogP contribution in [0.3, 0.4) is 0 Å². The second-order valence-electron chi connectivity index (χ2n) is 10.9. The summed E-state index contributed by atoms with van der Waals surface area (Å²) in [4.78, 5) is 6.54. The summed E-state index contributed by atoms with van der Waals surface area (Å²) in [5.74, 6) is -0.630. The molecule has 2 N–H and O–H groups in total. The third-order valence-corrected chi connectivity index (χ3v) is 11.6. The largest absolute Gasteiger partial charge is 0.354 e. The highest BCUT2D eigenvalue weighted by molar-refractivity contribution is 8.03. The number of nitrogens with zero attached hydrogens (tertiary/aromatic N) is 2. The minimum atomic E-state index is -4.08. The molecular weight excluding hydrogens is 637 g/mol. The minimum absolute atomic E-state index is 0.100. The number of fused-ring (bicyclic) bond motifs is 6. The molecule has 0 aliphatic carbocycles. The van der Waals surface area contributed by atoms with Gasteiger partial charge in [-0.2, -0.15) is 16.8 Å². The number of hydrogen-bond donors (Lipinski definition) is 2. The van der Waals surface area contributed by atoms with Gasteiger partial charge >= 0.3 is 0 Å². The zero-order valence-corrected chi connectivity index (χ0v) is 27.2.